The zero-order valence-electron chi connectivity index (χ0n) is 18.7. The molecule has 2 saturated heterocycles. The first-order valence-electron chi connectivity index (χ1n) is 11.0. The summed E-state index contributed by atoms with van der Waals surface area (Å²) in [5.74, 6) is 1.46. The molecule has 3 heterocycles. The molecule has 1 aromatic heterocycles. The minimum absolute atomic E-state index is 0.182. The number of benzene rings is 1. The van der Waals surface area contributed by atoms with E-state index in [9.17, 15) is 4.79 Å². The number of anilines is 1. The second-order valence-corrected chi connectivity index (χ2v) is 9.11. The van der Waals surface area contributed by atoms with Crippen molar-refractivity contribution in [3.8, 4) is 5.75 Å². The van der Waals surface area contributed by atoms with Crippen molar-refractivity contribution in [2.75, 3.05) is 50.5 Å². The number of rotatable bonds is 7. The van der Waals surface area contributed by atoms with E-state index >= 15 is 0 Å². The lowest BCUT2D eigenvalue weighted by Crippen LogP contribution is -2.49. The highest BCUT2D eigenvalue weighted by Gasteiger charge is 2.24. The second kappa shape index (κ2) is 9.96. The Bertz CT molecular complexity index is 885. The number of nitrogens with zero attached hydrogens (tertiary/aromatic N) is 4. The van der Waals surface area contributed by atoms with Gasteiger partial charge in [0.15, 0.2) is 5.16 Å². The molecule has 0 radical (unpaired) electrons. The van der Waals surface area contributed by atoms with Crippen LogP contribution in [-0.4, -0.2) is 72.1 Å². The van der Waals surface area contributed by atoms with E-state index in [2.05, 4.69) is 28.5 Å². The number of amides is 1. The molecule has 2 aromatic rings. The standard InChI is InChI=1S/C23H32N4O3S/c1-17-18(2)27(15-21-5-4-14-30-21)23(24-17)31-16-22(28)26-12-10-25(11-13-26)19-6-8-20(29-3)9-7-19/h6-9,21H,4-5,10-16H2,1-3H3/t21-/m1/s1. The Morgan fingerprint density at radius 3 is 2.58 bits per heavy atom. The zero-order chi connectivity index (χ0) is 21.8. The minimum atomic E-state index is 0.182. The van der Waals surface area contributed by atoms with E-state index in [1.807, 2.05) is 24.0 Å². The number of aryl methyl sites for hydroxylation is 1. The number of imidazole rings is 1. The van der Waals surface area contributed by atoms with Gasteiger partial charge in [-0.3, -0.25) is 4.79 Å². The Kier molecular flexibility index (Phi) is 7.07. The van der Waals surface area contributed by atoms with Gasteiger partial charge in [0, 0.05) is 44.2 Å². The molecule has 4 rings (SSSR count). The lowest BCUT2D eigenvalue weighted by molar-refractivity contribution is -0.128. The Balaban J connectivity index is 1.30. The highest BCUT2D eigenvalue weighted by molar-refractivity contribution is 7.99. The van der Waals surface area contributed by atoms with Gasteiger partial charge in [-0.05, 0) is 51.0 Å². The van der Waals surface area contributed by atoms with Crippen molar-refractivity contribution in [2.24, 2.45) is 0 Å². The van der Waals surface area contributed by atoms with Gasteiger partial charge in [0.1, 0.15) is 5.75 Å². The summed E-state index contributed by atoms with van der Waals surface area (Å²) < 4.78 is 13.3. The molecule has 1 atom stereocenters. The maximum Gasteiger partial charge on any atom is 0.233 e. The number of hydrogen-bond donors (Lipinski definition) is 0. The Morgan fingerprint density at radius 2 is 1.94 bits per heavy atom. The maximum atomic E-state index is 12.9. The quantitative estimate of drug-likeness (QED) is 0.612. The fraction of sp³-hybridized carbons (Fsp3) is 0.565. The van der Waals surface area contributed by atoms with Gasteiger partial charge in [-0.2, -0.15) is 0 Å². The minimum Gasteiger partial charge on any atom is -0.497 e. The molecule has 2 fully saturated rings. The van der Waals surface area contributed by atoms with Gasteiger partial charge in [0.2, 0.25) is 5.91 Å². The first-order chi connectivity index (χ1) is 15.0. The Morgan fingerprint density at radius 1 is 1.19 bits per heavy atom. The van der Waals surface area contributed by atoms with E-state index in [0.717, 1.165) is 68.8 Å². The average Bonchev–Trinajstić information content (AvgIpc) is 3.41. The third kappa shape index (κ3) is 5.18. The van der Waals surface area contributed by atoms with Crippen molar-refractivity contribution in [3.63, 3.8) is 0 Å². The van der Waals surface area contributed by atoms with Crippen LogP contribution in [0.1, 0.15) is 24.2 Å². The molecule has 7 nitrogen and oxygen atoms in total. The fourth-order valence-corrected chi connectivity index (χ4v) is 5.17. The highest BCUT2D eigenvalue weighted by Crippen LogP contribution is 2.25. The first-order valence-corrected chi connectivity index (χ1v) is 12.0. The average molecular weight is 445 g/mol. The summed E-state index contributed by atoms with van der Waals surface area (Å²) in [6.07, 6.45) is 2.48. The van der Waals surface area contributed by atoms with Crippen LogP contribution in [0.15, 0.2) is 29.4 Å². The van der Waals surface area contributed by atoms with Crippen molar-refractivity contribution in [3.05, 3.63) is 35.7 Å². The topological polar surface area (TPSA) is 59.8 Å². The largest absolute Gasteiger partial charge is 0.497 e. The molecule has 31 heavy (non-hydrogen) atoms. The van der Waals surface area contributed by atoms with Gasteiger partial charge in [-0.15, -0.1) is 0 Å². The number of ether oxygens (including phenoxy) is 2. The summed E-state index contributed by atoms with van der Waals surface area (Å²) in [4.78, 5) is 21.9. The number of piperazine rings is 1. The zero-order valence-corrected chi connectivity index (χ0v) is 19.5. The Labute approximate surface area is 188 Å². The molecule has 0 unspecified atom stereocenters. The summed E-state index contributed by atoms with van der Waals surface area (Å²) in [6.45, 7) is 8.97. The number of thioether (sulfide) groups is 1. The number of methoxy groups -OCH3 is 1. The van der Waals surface area contributed by atoms with Crippen LogP contribution in [0, 0.1) is 13.8 Å². The Hall–Kier alpha value is -2.19. The molecule has 0 saturated carbocycles. The molecule has 168 valence electrons. The van der Waals surface area contributed by atoms with Crippen molar-refractivity contribution in [1.29, 1.82) is 0 Å². The van der Waals surface area contributed by atoms with Gasteiger partial charge < -0.3 is 23.8 Å². The molecule has 0 bridgehead atoms. The first kappa shape index (κ1) is 22.0. The van der Waals surface area contributed by atoms with Crippen molar-refractivity contribution in [1.82, 2.24) is 14.5 Å². The molecule has 0 N–H and O–H groups in total. The van der Waals surface area contributed by atoms with Crippen LogP contribution in [0.4, 0.5) is 5.69 Å². The van der Waals surface area contributed by atoms with Gasteiger partial charge in [-0.1, -0.05) is 11.8 Å². The van der Waals surface area contributed by atoms with Crippen molar-refractivity contribution in [2.45, 2.75) is 44.5 Å². The summed E-state index contributed by atoms with van der Waals surface area (Å²) >= 11 is 1.55. The van der Waals surface area contributed by atoms with Crippen molar-refractivity contribution < 1.29 is 14.3 Å². The van der Waals surface area contributed by atoms with E-state index in [-0.39, 0.29) is 12.0 Å². The van der Waals surface area contributed by atoms with Crippen LogP contribution >= 0.6 is 11.8 Å². The molecule has 0 spiro atoms. The monoisotopic (exact) mass is 444 g/mol. The van der Waals surface area contributed by atoms with Crippen LogP contribution in [0.3, 0.4) is 0 Å². The van der Waals surface area contributed by atoms with E-state index in [0.29, 0.717) is 5.75 Å². The molecule has 0 aliphatic carbocycles. The van der Waals surface area contributed by atoms with Gasteiger partial charge >= 0.3 is 0 Å². The number of aromatic nitrogens is 2. The van der Waals surface area contributed by atoms with Gasteiger partial charge in [-0.25, -0.2) is 4.98 Å². The SMILES string of the molecule is COc1ccc(N2CCN(C(=O)CSc3nc(C)c(C)n3C[C@H]3CCCO3)CC2)cc1. The normalized spacial score (nSPS) is 19.1. The maximum absolute atomic E-state index is 12.9. The summed E-state index contributed by atoms with van der Waals surface area (Å²) in [6, 6.07) is 8.11. The third-order valence-electron chi connectivity index (χ3n) is 6.23. The van der Waals surface area contributed by atoms with E-state index < -0.39 is 0 Å². The van der Waals surface area contributed by atoms with Gasteiger partial charge in [0.05, 0.1) is 31.2 Å². The predicted molar refractivity (Wildman–Crippen MR) is 123 cm³/mol. The predicted octanol–water partition coefficient (Wildman–Crippen LogP) is 3.13. The van der Waals surface area contributed by atoms with E-state index in [1.165, 1.54) is 11.4 Å². The summed E-state index contributed by atoms with van der Waals surface area (Å²) in [5, 5.41) is 0.927. The molecule has 1 amide bonds. The highest BCUT2D eigenvalue weighted by atomic mass is 32.2. The van der Waals surface area contributed by atoms with Crippen LogP contribution in [0.5, 0.6) is 5.75 Å². The summed E-state index contributed by atoms with van der Waals surface area (Å²) in [7, 11) is 1.68. The number of carbonyl (C=O) groups is 1. The van der Waals surface area contributed by atoms with Crippen molar-refractivity contribution >= 4 is 23.4 Å². The molecule has 1 aromatic carbocycles. The number of carbonyl (C=O) groups excluding carboxylic acids is 1. The van der Waals surface area contributed by atoms with Crippen LogP contribution in [0.25, 0.3) is 0 Å². The number of hydrogen-bond acceptors (Lipinski definition) is 6. The molecular formula is C23H32N4O3S. The third-order valence-corrected chi connectivity index (χ3v) is 7.19. The van der Waals surface area contributed by atoms with Gasteiger partial charge in [0.25, 0.3) is 0 Å². The van der Waals surface area contributed by atoms with Crippen LogP contribution < -0.4 is 9.64 Å². The van der Waals surface area contributed by atoms with Crippen LogP contribution in [-0.2, 0) is 16.1 Å². The second-order valence-electron chi connectivity index (χ2n) is 8.17. The molecular weight excluding hydrogens is 412 g/mol. The fourth-order valence-electron chi connectivity index (χ4n) is 4.17. The molecule has 2 aliphatic heterocycles. The lowest BCUT2D eigenvalue weighted by atomic mass is 10.2. The van der Waals surface area contributed by atoms with Crippen LogP contribution in [0.2, 0.25) is 0 Å². The van der Waals surface area contributed by atoms with E-state index in [4.69, 9.17) is 14.5 Å². The molecule has 8 heteroatoms. The summed E-state index contributed by atoms with van der Waals surface area (Å²) in [5.41, 5.74) is 3.36. The smallest absolute Gasteiger partial charge is 0.233 e. The lowest BCUT2D eigenvalue weighted by Gasteiger charge is -2.36. The van der Waals surface area contributed by atoms with E-state index in [1.54, 1.807) is 18.9 Å². The molecule has 2 aliphatic rings.